The summed E-state index contributed by atoms with van der Waals surface area (Å²) >= 11 is 12.0. The number of nitrogens with one attached hydrogen (secondary N) is 1. The Balaban J connectivity index is 2.15. The van der Waals surface area contributed by atoms with Crippen LogP contribution in [0.15, 0.2) is 18.2 Å². The number of hydrogen-bond donors (Lipinski definition) is 1. The van der Waals surface area contributed by atoms with Crippen LogP contribution in [0.2, 0.25) is 10.0 Å². The van der Waals surface area contributed by atoms with Crippen molar-refractivity contribution in [2.24, 2.45) is 5.92 Å². The van der Waals surface area contributed by atoms with Crippen molar-refractivity contribution in [1.29, 1.82) is 0 Å². The summed E-state index contributed by atoms with van der Waals surface area (Å²) in [6, 6.07) is 4.66. The minimum absolute atomic E-state index is 0.151. The summed E-state index contributed by atoms with van der Waals surface area (Å²) in [6.45, 7) is 6.11. The lowest BCUT2D eigenvalue weighted by molar-refractivity contribution is -0.131. The van der Waals surface area contributed by atoms with E-state index in [1.807, 2.05) is 0 Å². The predicted octanol–water partition coefficient (Wildman–Crippen LogP) is 4.24. The van der Waals surface area contributed by atoms with Crippen LogP contribution < -0.4 is 5.32 Å². The number of nitrogens with zero attached hydrogens (tertiary/aromatic N) is 1. The van der Waals surface area contributed by atoms with Gasteiger partial charge in [-0.3, -0.25) is 9.69 Å². The van der Waals surface area contributed by atoms with Gasteiger partial charge in [0.2, 0.25) is 0 Å². The molecule has 6 heteroatoms. The zero-order valence-corrected chi connectivity index (χ0v) is 14.5. The van der Waals surface area contributed by atoms with Gasteiger partial charge < -0.3 is 5.32 Å². The van der Waals surface area contributed by atoms with Crippen LogP contribution in [0, 0.1) is 5.92 Å². The van der Waals surface area contributed by atoms with E-state index in [9.17, 15) is 9.59 Å². The topological polar surface area (TPSA) is 49.4 Å². The molecule has 120 valence electrons. The summed E-state index contributed by atoms with van der Waals surface area (Å²) in [4.78, 5) is 26.0. The Labute approximate surface area is 140 Å². The lowest BCUT2D eigenvalue weighted by atomic mass is 9.92. The van der Waals surface area contributed by atoms with Crippen LogP contribution in [0.4, 0.5) is 4.79 Å². The van der Waals surface area contributed by atoms with E-state index in [4.69, 9.17) is 23.2 Å². The van der Waals surface area contributed by atoms with Crippen molar-refractivity contribution in [1.82, 2.24) is 10.2 Å². The van der Waals surface area contributed by atoms with Crippen LogP contribution in [0.1, 0.15) is 39.2 Å². The van der Waals surface area contributed by atoms with Crippen molar-refractivity contribution < 1.29 is 9.59 Å². The van der Waals surface area contributed by atoms with Gasteiger partial charge >= 0.3 is 6.03 Å². The zero-order valence-electron chi connectivity index (χ0n) is 13.0. The standard InChI is InChI=1S/C16H20Cl2N2O2/c1-10(2)6-7-16(3)14(21)20(15(22)19-16)9-11-4-5-12(17)8-13(11)18/h4-5,8,10H,6-7,9H2,1-3H3,(H,19,22)/t16-/m0/s1. The third-order valence-corrected chi connectivity index (χ3v) is 4.50. The van der Waals surface area contributed by atoms with Gasteiger partial charge in [0.25, 0.3) is 5.91 Å². The molecule has 1 aromatic carbocycles. The van der Waals surface area contributed by atoms with Gasteiger partial charge in [-0.05, 0) is 43.4 Å². The first kappa shape index (κ1) is 17.1. The summed E-state index contributed by atoms with van der Waals surface area (Å²) in [5, 5.41) is 3.77. The second kappa shape index (κ2) is 6.47. The Kier molecular flexibility index (Phi) is 5.03. The van der Waals surface area contributed by atoms with E-state index in [0.29, 0.717) is 27.9 Å². The number of amides is 3. The highest BCUT2D eigenvalue weighted by molar-refractivity contribution is 6.35. The summed E-state index contributed by atoms with van der Waals surface area (Å²) in [6.07, 6.45) is 1.50. The average Bonchev–Trinajstić information content (AvgIpc) is 2.63. The van der Waals surface area contributed by atoms with Gasteiger partial charge in [0, 0.05) is 10.0 Å². The molecule has 22 heavy (non-hydrogen) atoms. The van der Waals surface area contributed by atoms with Crippen molar-refractivity contribution >= 4 is 35.1 Å². The molecule has 4 nitrogen and oxygen atoms in total. The highest BCUT2D eigenvalue weighted by atomic mass is 35.5. The number of carbonyl (C=O) groups excluding carboxylic acids is 2. The molecule has 0 radical (unpaired) electrons. The fourth-order valence-corrected chi connectivity index (χ4v) is 2.93. The Morgan fingerprint density at radius 2 is 1.95 bits per heavy atom. The van der Waals surface area contributed by atoms with Crippen LogP contribution in [-0.2, 0) is 11.3 Å². The number of halogens is 2. The first-order valence-corrected chi connectivity index (χ1v) is 8.06. The van der Waals surface area contributed by atoms with Crippen LogP contribution in [0.5, 0.6) is 0 Å². The molecular formula is C16H20Cl2N2O2. The van der Waals surface area contributed by atoms with E-state index in [1.54, 1.807) is 25.1 Å². The molecule has 3 amide bonds. The summed E-state index contributed by atoms with van der Waals surface area (Å²) in [5.41, 5.74) is -0.136. The molecule has 1 fully saturated rings. The molecule has 1 atom stereocenters. The van der Waals surface area contributed by atoms with Gasteiger partial charge in [0.15, 0.2) is 0 Å². The highest BCUT2D eigenvalue weighted by Gasteiger charge is 2.47. The molecule has 1 aliphatic heterocycles. The third-order valence-electron chi connectivity index (χ3n) is 3.91. The third kappa shape index (κ3) is 3.55. The lowest BCUT2D eigenvalue weighted by Gasteiger charge is -2.22. The number of carbonyl (C=O) groups is 2. The fourth-order valence-electron chi connectivity index (χ4n) is 2.46. The van der Waals surface area contributed by atoms with Gasteiger partial charge in [0.1, 0.15) is 5.54 Å². The molecule has 0 bridgehead atoms. The second-order valence-electron chi connectivity index (χ2n) is 6.32. The molecule has 2 rings (SSSR count). The smallest absolute Gasteiger partial charge is 0.323 e. The van der Waals surface area contributed by atoms with E-state index >= 15 is 0 Å². The number of rotatable bonds is 5. The maximum Gasteiger partial charge on any atom is 0.325 e. The minimum atomic E-state index is -0.833. The highest BCUT2D eigenvalue weighted by Crippen LogP contribution is 2.28. The second-order valence-corrected chi connectivity index (χ2v) is 7.17. The number of benzene rings is 1. The van der Waals surface area contributed by atoms with Crippen LogP contribution in [0.3, 0.4) is 0 Å². The molecule has 1 N–H and O–H groups in total. The van der Waals surface area contributed by atoms with Crippen LogP contribution in [-0.4, -0.2) is 22.4 Å². The van der Waals surface area contributed by atoms with Crippen molar-refractivity contribution in [2.45, 2.75) is 45.7 Å². The van der Waals surface area contributed by atoms with Gasteiger partial charge in [-0.25, -0.2) is 4.79 Å². The van der Waals surface area contributed by atoms with Crippen molar-refractivity contribution in [3.05, 3.63) is 33.8 Å². The fraction of sp³-hybridized carbons (Fsp3) is 0.500. The van der Waals surface area contributed by atoms with Crippen molar-refractivity contribution in [2.75, 3.05) is 0 Å². The van der Waals surface area contributed by atoms with Crippen molar-refractivity contribution in [3.63, 3.8) is 0 Å². The molecule has 0 aliphatic carbocycles. The normalized spacial score (nSPS) is 21.6. The van der Waals surface area contributed by atoms with Gasteiger partial charge in [-0.2, -0.15) is 0 Å². The van der Waals surface area contributed by atoms with Crippen LogP contribution in [0.25, 0.3) is 0 Å². The molecule has 0 aromatic heterocycles. The van der Waals surface area contributed by atoms with Crippen molar-refractivity contribution in [3.8, 4) is 0 Å². The van der Waals surface area contributed by atoms with E-state index in [1.165, 1.54) is 4.90 Å². The maximum absolute atomic E-state index is 12.6. The molecule has 1 heterocycles. The van der Waals surface area contributed by atoms with E-state index in [0.717, 1.165) is 6.42 Å². The van der Waals surface area contributed by atoms with E-state index < -0.39 is 5.54 Å². The molecule has 0 unspecified atom stereocenters. The van der Waals surface area contributed by atoms with Gasteiger partial charge in [0.05, 0.1) is 6.54 Å². The number of urea groups is 1. The van der Waals surface area contributed by atoms with Gasteiger partial charge in [-0.15, -0.1) is 0 Å². The molecule has 0 saturated carbocycles. The zero-order chi connectivity index (χ0) is 16.5. The average molecular weight is 343 g/mol. The first-order valence-electron chi connectivity index (χ1n) is 7.31. The number of hydrogen-bond acceptors (Lipinski definition) is 2. The lowest BCUT2D eigenvalue weighted by Crippen LogP contribution is -2.44. The molecule has 1 aliphatic rings. The molecule has 1 saturated heterocycles. The first-order chi connectivity index (χ1) is 10.2. The Morgan fingerprint density at radius 1 is 1.27 bits per heavy atom. The quantitative estimate of drug-likeness (QED) is 0.813. The largest absolute Gasteiger partial charge is 0.325 e. The summed E-state index contributed by atoms with van der Waals surface area (Å²) in [5.74, 6) is 0.269. The Bertz CT molecular complexity index is 604. The minimum Gasteiger partial charge on any atom is -0.323 e. The summed E-state index contributed by atoms with van der Waals surface area (Å²) < 4.78 is 0. The molecule has 1 aromatic rings. The Hall–Kier alpha value is -1.26. The Morgan fingerprint density at radius 3 is 2.55 bits per heavy atom. The van der Waals surface area contributed by atoms with E-state index in [2.05, 4.69) is 19.2 Å². The SMILES string of the molecule is CC(C)CC[C@]1(C)NC(=O)N(Cc2ccc(Cl)cc2Cl)C1=O. The molecular weight excluding hydrogens is 323 g/mol. The number of imide groups is 1. The van der Waals surface area contributed by atoms with Crippen LogP contribution >= 0.6 is 23.2 Å². The van der Waals surface area contributed by atoms with E-state index in [-0.39, 0.29) is 18.5 Å². The summed E-state index contributed by atoms with van der Waals surface area (Å²) in [7, 11) is 0. The predicted molar refractivity (Wildman–Crippen MR) is 88.0 cm³/mol. The maximum atomic E-state index is 12.6. The van der Waals surface area contributed by atoms with Gasteiger partial charge in [-0.1, -0.05) is 43.1 Å². The molecule has 0 spiro atoms. The monoisotopic (exact) mass is 342 g/mol.